The molecule has 1 aliphatic rings. The van der Waals surface area contributed by atoms with Gasteiger partial charge in [0.05, 0.1) is 32.0 Å². The molecule has 0 saturated heterocycles. The molecular formula is C14H16N2O3. The number of allylic oxidation sites excluding steroid dienone is 6. The zero-order valence-electron chi connectivity index (χ0n) is 10.7. The molecule has 0 aliphatic heterocycles. The van der Waals surface area contributed by atoms with Crippen LogP contribution in [-0.4, -0.2) is 28.6 Å². The van der Waals surface area contributed by atoms with E-state index >= 15 is 0 Å². The molecule has 1 N–H and O–H groups in total. The van der Waals surface area contributed by atoms with Crippen molar-refractivity contribution in [1.29, 1.82) is 0 Å². The number of nitrogens with zero attached hydrogens (tertiary/aromatic N) is 2. The van der Waals surface area contributed by atoms with Crippen molar-refractivity contribution in [3.63, 3.8) is 0 Å². The van der Waals surface area contributed by atoms with Gasteiger partial charge in [0.2, 0.25) is 0 Å². The summed E-state index contributed by atoms with van der Waals surface area (Å²) in [5, 5.41) is 12.9. The first kappa shape index (κ1) is 13.3. The van der Waals surface area contributed by atoms with E-state index in [9.17, 15) is 4.79 Å². The van der Waals surface area contributed by atoms with Crippen molar-refractivity contribution in [2.45, 2.75) is 13.0 Å². The van der Waals surface area contributed by atoms with Crippen LogP contribution in [0.5, 0.6) is 5.75 Å². The Kier molecular flexibility index (Phi) is 4.30. The molecule has 0 saturated carbocycles. The highest BCUT2D eigenvalue weighted by Gasteiger charge is 2.14. The molecule has 1 heterocycles. The van der Waals surface area contributed by atoms with E-state index < -0.39 is 0 Å². The number of aromatic nitrogens is 2. The fraction of sp³-hybridized carbons (Fsp3) is 0.286. The lowest BCUT2D eigenvalue weighted by molar-refractivity contribution is 0.265. The molecule has 2 rings (SSSR count). The van der Waals surface area contributed by atoms with Crippen LogP contribution < -0.4 is 10.3 Å². The van der Waals surface area contributed by atoms with Crippen molar-refractivity contribution in [2.24, 2.45) is 0 Å². The van der Waals surface area contributed by atoms with Gasteiger partial charge in [-0.1, -0.05) is 30.4 Å². The molecule has 0 spiro atoms. The Labute approximate surface area is 111 Å². The Morgan fingerprint density at radius 3 is 3.05 bits per heavy atom. The van der Waals surface area contributed by atoms with E-state index in [0.717, 1.165) is 12.0 Å². The molecule has 5 heteroatoms. The number of hydrogen-bond donors (Lipinski definition) is 1. The molecule has 0 amide bonds. The lowest BCUT2D eigenvalue weighted by atomic mass is 10.1. The van der Waals surface area contributed by atoms with Gasteiger partial charge in [0.25, 0.3) is 5.56 Å². The Morgan fingerprint density at radius 2 is 2.32 bits per heavy atom. The van der Waals surface area contributed by atoms with E-state index in [1.807, 2.05) is 30.4 Å². The van der Waals surface area contributed by atoms with Crippen LogP contribution in [0, 0.1) is 0 Å². The number of rotatable bonds is 4. The zero-order valence-corrected chi connectivity index (χ0v) is 10.7. The van der Waals surface area contributed by atoms with Crippen LogP contribution in [0.25, 0.3) is 5.57 Å². The number of aliphatic hydroxyl groups is 1. The van der Waals surface area contributed by atoms with Gasteiger partial charge in [0.1, 0.15) is 0 Å². The highest BCUT2D eigenvalue weighted by Crippen LogP contribution is 2.24. The zero-order chi connectivity index (χ0) is 13.7. The molecule has 0 radical (unpaired) electrons. The molecule has 0 aromatic carbocycles. The maximum atomic E-state index is 12.4. The van der Waals surface area contributed by atoms with Crippen LogP contribution in [0.2, 0.25) is 0 Å². The highest BCUT2D eigenvalue weighted by molar-refractivity contribution is 5.77. The monoisotopic (exact) mass is 260 g/mol. The third kappa shape index (κ3) is 2.82. The third-order valence-electron chi connectivity index (χ3n) is 2.83. The van der Waals surface area contributed by atoms with E-state index in [0.29, 0.717) is 11.3 Å². The van der Waals surface area contributed by atoms with Gasteiger partial charge < -0.3 is 9.84 Å². The van der Waals surface area contributed by atoms with E-state index in [4.69, 9.17) is 9.84 Å². The molecule has 100 valence electrons. The SMILES string of the molecule is COc1cnn(CCO)c(=O)c1C1=CCC=CC=C1. The predicted molar refractivity (Wildman–Crippen MR) is 73.0 cm³/mol. The van der Waals surface area contributed by atoms with Crippen LogP contribution >= 0.6 is 0 Å². The number of aliphatic hydroxyl groups excluding tert-OH is 1. The molecule has 0 atom stereocenters. The second-order valence-corrected chi connectivity index (χ2v) is 4.02. The first-order valence-corrected chi connectivity index (χ1v) is 6.06. The number of hydrogen-bond acceptors (Lipinski definition) is 4. The maximum Gasteiger partial charge on any atom is 0.278 e. The van der Waals surface area contributed by atoms with Gasteiger partial charge >= 0.3 is 0 Å². The van der Waals surface area contributed by atoms with Crippen molar-refractivity contribution in [1.82, 2.24) is 9.78 Å². The van der Waals surface area contributed by atoms with E-state index in [-0.39, 0.29) is 18.7 Å². The average molecular weight is 260 g/mol. The van der Waals surface area contributed by atoms with Crippen LogP contribution in [0.4, 0.5) is 0 Å². The quantitative estimate of drug-likeness (QED) is 0.881. The summed E-state index contributed by atoms with van der Waals surface area (Å²) in [6, 6.07) is 0. The largest absolute Gasteiger partial charge is 0.494 e. The van der Waals surface area contributed by atoms with Gasteiger partial charge in [0, 0.05) is 0 Å². The number of ether oxygens (including phenoxy) is 1. The molecule has 5 nitrogen and oxygen atoms in total. The van der Waals surface area contributed by atoms with E-state index in [2.05, 4.69) is 5.10 Å². The standard InChI is InChI=1S/C14H16N2O3/c1-19-12-10-15-16(8-9-17)14(18)13(12)11-6-4-2-3-5-7-11/h2-4,6-7,10,17H,5,8-9H2,1H3. The van der Waals surface area contributed by atoms with Crippen LogP contribution in [0.1, 0.15) is 12.0 Å². The van der Waals surface area contributed by atoms with Crippen molar-refractivity contribution < 1.29 is 9.84 Å². The minimum atomic E-state index is -0.258. The predicted octanol–water partition coefficient (Wildman–Crippen LogP) is 1.14. The minimum absolute atomic E-state index is 0.130. The molecule has 1 aliphatic carbocycles. The van der Waals surface area contributed by atoms with Crippen molar-refractivity contribution >= 4 is 5.57 Å². The van der Waals surface area contributed by atoms with Gasteiger partial charge in [-0.3, -0.25) is 4.79 Å². The molecule has 0 fully saturated rings. The summed E-state index contributed by atoms with van der Waals surface area (Å²) >= 11 is 0. The van der Waals surface area contributed by atoms with Gasteiger partial charge in [-0.2, -0.15) is 5.10 Å². The fourth-order valence-electron chi connectivity index (χ4n) is 1.91. The summed E-state index contributed by atoms with van der Waals surface area (Å²) in [6.45, 7) is 0.0419. The van der Waals surface area contributed by atoms with Crippen molar-refractivity contribution in [3.05, 3.63) is 52.5 Å². The Morgan fingerprint density at radius 1 is 1.47 bits per heavy atom. The average Bonchev–Trinajstić information content (AvgIpc) is 2.70. The summed E-state index contributed by atoms with van der Waals surface area (Å²) in [7, 11) is 1.51. The summed E-state index contributed by atoms with van der Waals surface area (Å²) in [5.41, 5.74) is 1.03. The third-order valence-corrected chi connectivity index (χ3v) is 2.83. The summed E-state index contributed by atoms with van der Waals surface area (Å²) < 4.78 is 6.46. The molecule has 19 heavy (non-hydrogen) atoms. The summed E-state index contributed by atoms with van der Waals surface area (Å²) in [5.74, 6) is 0.442. The summed E-state index contributed by atoms with van der Waals surface area (Å²) in [6.07, 6.45) is 11.9. The Hall–Kier alpha value is -2.14. The highest BCUT2D eigenvalue weighted by atomic mass is 16.5. The topological polar surface area (TPSA) is 64.3 Å². The van der Waals surface area contributed by atoms with Gasteiger partial charge in [0.15, 0.2) is 5.75 Å². The van der Waals surface area contributed by atoms with Crippen LogP contribution in [-0.2, 0) is 6.54 Å². The Bertz CT molecular complexity index is 597. The van der Waals surface area contributed by atoms with Crippen LogP contribution in [0.15, 0.2) is 41.4 Å². The first-order chi connectivity index (χ1) is 9.27. The maximum absolute atomic E-state index is 12.4. The molecule has 1 aromatic heterocycles. The van der Waals surface area contributed by atoms with Crippen LogP contribution in [0.3, 0.4) is 0 Å². The molecule has 0 unspecified atom stereocenters. The van der Waals surface area contributed by atoms with Gasteiger partial charge in [-0.25, -0.2) is 4.68 Å². The van der Waals surface area contributed by atoms with E-state index in [1.165, 1.54) is 18.0 Å². The lowest BCUT2D eigenvalue weighted by Crippen LogP contribution is -2.27. The van der Waals surface area contributed by atoms with Gasteiger partial charge in [-0.05, 0) is 12.0 Å². The minimum Gasteiger partial charge on any atom is -0.494 e. The van der Waals surface area contributed by atoms with Crippen molar-refractivity contribution in [2.75, 3.05) is 13.7 Å². The molecular weight excluding hydrogens is 244 g/mol. The summed E-state index contributed by atoms with van der Waals surface area (Å²) in [4.78, 5) is 12.4. The fourth-order valence-corrected chi connectivity index (χ4v) is 1.91. The Balaban J connectivity index is 2.56. The smallest absolute Gasteiger partial charge is 0.278 e. The van der Waals surface area contributed by atoms with Gasteiger partial charge in [-0.15, -0.1) is 0 Å². The normalized spacial score (nSPS) is 14.1. The van der Waals surface area contributed by atoms with Crippen molar-refractivity contribution in [3.8, 4) is 5.75 Å². The number of methoxy groups -OCH3 is 1. The first-order valence-electron chi connectivity index (χ1n) is 6.06. The lowest BCUT2D eigenvalue weighted by Gasteiger charge is -2.11. The van der Waals surface area contributed by atoms with E-state index in [1.54, 1.807) is 0 Å². The molecule has 0 bridgehead atoms. The second kappa shape index (κ2) is 6.15. The molecule has 1 aromatic rings. The second-order valence-electron chi connectivity index (χ2n) is 4.02.